The molecule has 28 heavy (non-hydrogen) atoms. The summed E-state index contributed by atoms with van der Waals surface area (Å²) in [5.41, 5.74) is 2.39. The summed E-state index contributed by atoms with van der Waals surface area (Å²) in [6.07, 6.45) is 2.36. The zero-order valence-corrected chi connectivity index (χ0v) is 15.8. The van der Waals surface area contributed by atoms with Crippen LogP contribution in [0, 0.1) is 0 Å². The molecule has 3 aromatic rings. The lowest BCUT2D eigenvalue weighted by Gasteiger charge is -2.17. The maximum absolute atomic E-state index is 12.9. The molecule has 3 heterocycles. The smallest absolute Gasteiger partial charge is 0.330 e. The van der Waals surface area contributed by atoms with Crippen molar-refractivity contribution in [3.8, 4) is 0 Å². The van der Waals surface area contributed by atoms with Gasteiger partial charge in [0, 0.05) is 44.5 Å². The van der Waals surface area contributed by atoms with Gasteiger partial charge in [-0.3, -0.25) is 18.7 Å². The number of hydrogen-bond acceptors (Lipinski definition) is 4. The molecule has 1 aliphatic heterocycles. The Morgan fingerprint density at radius 2 is 2.04 bits per heavy atom. The topological polar surface area (TPSA) is 89.2 Å². The highest BCUT2D eigenvalue weighted by atomic mass is 16.2. The SMILES string of the molecule is CC(=O)Nc1cccc(C(=O)N2CC[C@@H](n3c(=O)n(C)c4cccnc43)C2)c1. The Kier molecular flexibility index (Phi) is 4.46. The molecular weight excluding hydrogens is 358 g/mol. The number of nitrogens with one attached hydrogen (secondary N) is 1. The second kappa shape index (κ2) is 6.95. The van der Waals surface area contributed by atoms with Crippen molar-refractivity contribution in [3.63, 3.8) is 0 Å². The van der Waals surface area contributed by atoms with Crippen molar-refractivity contribution >= 4 is 28.7 Å². The van der Waals surface area contributed by atoms with E-state index in [1.54, 1.807) is 57.6 Å². The van der Waals surface area contributed by atoms with Crippen LogP contribution >= 0.6 is 0 Å². The molecule has 0 bridgehead atoms. The first-order chi connectivity index (χ1) is 13.5. The van der Waals surface area contributed by atoms with E-state index in [2.05, 4.69) is 10.3 Å². The second-order valence-corrected chi connectivity index (χ2v) is 7.01. The summed E-state index contributed by atoms with van der Waals surface area (Å²) in [4.78, 5) is 43.0. The average Bonchev–Trinajstić information content (AvgIpc) is 3.25. The van der Waals surface area contributed by atoms with E-state index in [1.165, 1.54) is 6.92 Å². The van der Waals surface area contributed by atoms with E-state index in [4.69, 9.17) is 0 Å². The van der Waals surface area contributed by atoms with Crippen LogP contribution in [0.3, 0.4) is 0 Å². The van der Waals surface area contributed by atoms with Crippen molar-refractivity contribution in [2.45, 2.75) is 19.4 Å². The third-order valence-corrected chi connectivity index (χ3v) is 5.09. The lowest BCUT2D eigenvalue weighted by molar-refractivity contribution is -0.114. The summed E-state index contributed by atoms with van der Waals surface area (Å²) in [7, 11) is 1.73. The van der Waals surface area contributed by atoms with Crippen LogP contribution in [-0.2, 0) is 11.8 Å². The summed E-state index contributed by atoms with van der Waals surface area (Å²) < 4.78 is 3.28. The van der Waals surface area contributed by atoms with Gasteiger partial charge in [-0.2, -0.15) is 0 Å². The van der Waals surface area contributed by atoms with E-state index >= 15 is 0 Å². The highest BCUT2D eigenvalue weighted by Gasteiger charge is 2.31. The zero-order valence-electron chi connectivity index (χ0n) is 15.8. The number of carbonyl (C=O) groups excluding carboxylic acids is 2. The quantitative estimate of drug-likeness (QED) is 0.751. The molecule has 0 unspecified atom stereocenters. The summed E-state index contributed by atoms with van der Waals surface area (Å²) in [6.45, 7) is 2.43. The fourth-order valence-corrected chi connectivity index (χ4v) is 3.77. The molecule has 2 aromatic heterocycles. The molecule has 1 N–H and O–H groups in total. The number of imidazole rings is 1. The summed E-state index contributed by atoms with van der Waals surface area (Å²) in [6, 6.07) is 10.4. The van der Waals surface area contributed by atoms with Crippen molar-refractivity contribution in [3.05, 3.63) is 58.6 Å². The van der Waals surface area contributed by atoms with Gasteiger partial charge in [0.1, 0.15) is 0 Å². The lowest BCUT2D eigenvalue weighted by atomic mass is 10.1. The summed E-state index contributed by atoms with van der Waals surface area (Å²) in [5, 5.41) is 2.69. The van der Waals surface area contributed by atoms with Gasteiger partial charge in [-0.15, -0.1) is 0 Å². The average molecular weight is 379 g/mol. The normalized spacial score (nSPS) is 16.5. The first-order valence-electron chi connectivity index (χ1n) is 9.14. The molecule has 0 radical (unpaired) electrons. The molecule has 1 aliphatic rings. The van der Waals surface area contributed by atoms with Gasteiger partial charge >= 0.3 is 5.69 Å². The molecule has 1 aromatic carbocycles. The van der Waals surface area contributed by atoms with Crippen LogP contribution < -0.4 is 11.0 Å². The van der Waals surface area contributed by atoms with Gasteiger partial charge in [-0.25, -0.2) is 9.78 Å². The zero-order chi connectivity index (χ0) is 19.8. The molecule has 0 spiro atoms. The van der Waals surface area contributed by atoms with Crippen LogP contribution in [-0.4, -0.2) is 43.9 Å². The number of likely N-dealkylation sites (tertiary alicyclic amines) is 1. The van der Waals surface area contributed by atoms with Crippen LogP contribution in [0.4, 0.5) is 5.69 Å². The van der Waals surface area contributed by atoms with E-state index in [-0.39, 0.29) is 23.5 Å². The molecular formula is C20H21N5O3. The standard InChI is InChI=1S/C20H21N5O3/c1-13(26)22-15-6-3-5-14(11-15)19(27)24-10-8-16(12-24)25-18-17(7-4-9-21-18)23(2)20(25)28/h3-7,9,11,16H,8,10,12H2,1-2H3,(H,22,26)/t16-/m1/s1. The largest absolute Gasteiger partial charge is 0.336 e. The number of aryl methyl sites for hydroxylation is 1. The van der Waals surface area contributed by atoms with E-state index in [1.807, 2.05) is 6.07 Å². The van der Waals surface area contributed by atoms with Gasteiger partial charge in [0.15, 0.2) is 5.65 Å². The van der Waals surface area contributed by atoms with Crippen LogP contribution in [0.2, 0.25) is 0 Å². The lowest BCUT2D eigenvalue weighted by Crippen LogP contribution is -2.31. The fourth-order valence-electron chi connectivity index (χ4n) is 3.77. The Balaban J connectivity index is 1.58. The summed E-state index contributed by atoms with van der Waals surface area (Å²) in [5.74, 6) is -0.301. The molecule has 1 atom stereocenters. The van der Waals surface area contributed by atoms with Crippen molar-refractivity contribution in [2.24, 2.45) is 7.05 Å². The van der Waals surface area contributed by atoms with Gasteiger partial charge in [-0.05, 0) is 36.8 Å². The Morgan fingerprint density at radius 1 is 1.21 bits per heavy atom. The fraction of sp³-hybridized carbons (Fsp3) is 0.300. The van der Waals surface area contributed by atoms with Crippen LogP contribution in [0.1, 0.15) is 29.7 Å². The number of amides is 2. The number of anilines is 1. The number of carbonyl (C=O) groups is 2. The molecule has 8 nitrogen and oxygen atoms in total. The molecule has 1 saturated heterocycles. The van der Waals surface area contributed by atoms with Crippen LogP contribution in [0.25, 0.3) is 11.2 Å². The second-order valence-electron chi connectivity index (χ2n) is 7.01. The Morgan fingerprint density at radius 3 is 2.82 bits per heavy atom. The van der Waals surface area contributed by atoms with Gasteiger partial charge in [0.2, 0.25) is 5.91 Å². The Labute approximate surface area is 161 Å². The number of rotatable bonds is 3. The van der Waals surface area contributed by atoms with E-state index in [0.717, 1.165) is 5.52 Å². The Hall–Kier alpha value is -3.42. The molecule has 0 saturated carbocycles. The molecule has 0 aliphatic carbocycles. The van der Waals surface area contributed by atoms with Gasteiger partial charge in [0.25, 0.3) is 5.91 Å². The van der Waals surface area contributed by atoms with E-state index < -0.39 is 0 Å². The molecule has 144 valence electrons. The minimum atomic E-state index is -0.186. The minimum Gasteiger partial charge on any atom is -0.336 e. The molecule has 1 fully saturated rings. The number of benzene rings is 1. The first kappa shape index (κ1) is 18.0. The Bertz CT molecular complexity index is 1130. The van der Waals surface area contributed by atoms with E-state index in [9.17, 15) is 14.4 Å². The molecule has 8 heteroatoms. The van der Waals surface area contributed by atoms with Gasteiger partial charge in [0.05, 0.1) is 11.6 Å². The predicted octanol–water partition coefficient (Wildman–Crippen LogP) is 1.78. The summed E-state index contributed by atoms with van der Waals surface area (Å²) >= 11 is 0. The third kappa shape index (κ3) is 3.06. The maximum Gasteiger partial charge on any atom is 0.330 e. The highest BCUT2D eigenvalue weighted by molar-refractivity contribution is 5.97. The van der Waals surface area contributed by atoms with Gasteiger partial charge in [-0.1, -0.05) is 6.07 Å². The van der Waals surface area contributed by atoms with Crippen molar-refractivity contribution in [1.29, 1.82) is 0 Å². The number of fused-ring (bicyclic) bond motifs is 1. The third-order valence-electron chi connectivity index (χ3n) is 5.09. The molecule has 2 amide bonds. The van der Waals surface area contributed by atoms with Crippen LogP contribution in [0.5, 0.6) is 0 Å². The first-order valence-corrected chi connectivity index (χ1v) is 9.14. The van der Waals surface area contributed by atoms with Crippen LogP contribution in [0.15, 0.2) is 47.4 Å². The predicted molar refractivity (Wildman–Crippen MR) is 105 cm³/mol. The minimum absolute atomic E-state index is 0.115. The number of nitrogens with zero attached hydrogens (tertiary/aromatic N) is 4. The van der Waals surface area contributed by atoms with Crippen molar-refractivity contribution in [1.82, 2.24) is 19.0 Å². The number of hydrogen-bond donors (Lipinski definition) is 1. The number of pyridine rings is 1. The maximum atomic E-state index is 12.9. The number of aromatic nitrogens is 3. The molecule has 4 rings (SSSR count). The van der Waals surface area contributed by atoms with Crippen molar-refractivity contribution < 1.29 is 9.59 Å². The monoisotopic (exact) mass is 379 g/mol. The highest BCUT2D eigenvalue weighted by Crippen LogP contribution is 2.25. The van der Waals surface area contributed by atoms with E-state index in [0.29, 0.717) is 36.4 Å². The van der Waals surface area contributed by atoms with Gasteiger partial charge < -0.3 is 10.2 Å². The van der Waals surface area contributed by atoms with Crippen molar-refractivity contribution in [2.75, 3.05) is 18.4 Å².